The summed E-state index contributed by atoms with van der Waals surface area (Å²) < 4.78 is 0. The van der Waals surface area contributed by atoms with E-state index in [1.54, 1.807) is 0 Å². The summed E-state index contributed by atoms with van der Waals surface area (Å²) in [7, 11) is 0. The van der Waals surface area contributed by atoms with Crippen LogP contribution in [0.2, 0.25) is 0 Å². The summed E-state index contributed by atoms with van der Waals surface area (Å²) >= 11 is 0. The summed E-state index contributed by atoms with van der Waals surface area (Å²) in [6.45, 7) is 6.92. The Morgan fingerprint density at radius 3 is 3.00 bits per heavy atom. The zero-order chi connectivity index (χ0) is 7.90. The number of amidine groups is 1. The van der Waals surface area contributed by atoms with Crippen molar-refractivity contribution < 1.29 is 0 Å². The summed E-state index contributed by atoms with van der Waals surface area (Å²) in [5.41, 5.74) is 0.383. The molecule has 0 aromatic carbocycles. The van der Waals surface area contributed by atoms with E-state index in [9.17, 15) is 0 Å². The first-order valence-electron chi connectivity index (χ1n) is 4.51. The van der Waals surface area contributed by atoms with Gasteiger partial charge in [-0.2, -0.15) is 0 Å². The first-order valence-corrected chi connectivity index (χ1v) is 4.51. The van der Waals surface area contributed by atoms with E-state index in [0.717, 1.165) is 6.54 Å². The molecule has 0 aromatic heterocycles. The van der Waals surface area contributed by atoms with Crippen LogP contribution in [0.1, 0.15) is 33.1 Å². The van der Waals surface area contributed by atoms with Gasteiger partial charge in [0.15, 0.2) is 0 Å². The third kappa shape index (κ3) is 1.05. The van der Waals surface area contributed by atoms with E-state index < -0.39 is 0 Å². The Morgan fingerprint density at radius 1 is 1.45 bits per heavy atom. The van der Waals surface area contributed by atoms with Gasteiger partial charge in [0.1, 0.15) is 0 Å². The quantitative estimate of drug-likeness (QED) is 0.515. The molecule has 11 heavy (non-hydrogen) atoms. The number of hydrogen-bond donors (Lipinski definition) is 0. The van der Waals surface area contributed by atoms with Gasteiger partial charge < -0.3 is 4.90 Å². The van der Waals surface area contributed by atoms with E-state index in [-0.39, 0.29) is 0 Å². The van der Waals surface area contributed by atoms with Crippen LogP contribution < -0.4 is 0 Å². The second kappa shape index (κ2) is 2.23. The maximum absolute atomic E-state index is 4.53. The predicted molar refractivity (Wildman–Crippen MR) is 46.9 cm³/mol. The molecule has 2 nitrogen and oxygen atoms in total. The average Bonchev–Trinajstić information content (AvgIpc) is 2.34. The Labute approximate surface area is 68.3 Å². The van der Waals surface area contributed by atoms with Crippen LogP contribution in [0, 0.1) is 0 Å². The van der Waals surface area contributed by atoms with Crippen molar-refractivity contribution in [1.82, 2.24) is 4.90 Å². The van der Waals surface area contributed by atoms with Gasteiger partial charge in [-0.15, -0.1) is 0 Å². The molecule has 0 saturated carbocycles. The van der Waals surface area contributed by atoms with Crippen molar-refractivity contribution in [2.45, 2.75) is 38.6 Å². The van der Waals surface area contributed by atoms with Crippen molar-refractivity contribution in [1.29, 1.82) is 0 Å². The lowest BCUT2D eigenvalue weighted by Crippen LogP contribution is -2.47. The largest absolute Gasteiger partial charge is 0.355 e. The fourth-order valence-corrected chi connectivity index (χ4v) is 2.07. The van der Waals surface area contributed by atoms with Gasteiger partial charge in [-0.05, 0) is 26.7 Å². The van der Waals surface area contributed by atoms with Crippen LogP contribution in [0.3, 0.4) is 0 Å². The van der Waals surface area contributed by atoms with E-state index in [1.807, 2.05) is 0 Å². The van der Waals surface area contributed by atoms with Crippen LogP contribution in [0.4, 0.5) is 0 Å². The minimum atomic E-state index is 0.383. The zero-order valence-electron chi connectivity index (χ0n) is 7.43. The van der Waals surface area contributed by atoms with Crippen molar-refractivity contribution >= 4 is 5.84 Å². The van der Waals surface area contributed by atoms with Crippen molar-refractivity contribution in [3.05, 3.63) is 0 Å². The molecule has 2 heteroatoms. The first-order chi connectivity index (χ1) is 5.20. The third-order valence-electron chi connectivity index (χ3n) is 2.84. The molecule has 0 spiro atoms. The Morgan fingerprint density at radius 2 is 2.27 bits per heavy atom. The SMILES string of the molecule is CC1(C)CCN=C2CCCN21. The monoisotopic (exact) mass is 152 g/mol. The highest BCUT2D eigenvalue weighted by atomic mass is 15.3. The maximum Gasteiger partial charge on any atom is 0.0994 e. The van der Waals surface area contributed by atoms with E-state index in [4.69, 9.17) is 0 Å². The maximum atomic E-state index is 4.53. The van der Waals surface area contributed by atoms with E-state index >= 15 is 0 Å². The van der Waals surface area contributed by atoms with Crippen molar-refractivity contribution in [3.8, 4) is 0 Å². The van der Waals surface area contributed by atoms with Crippen molar-refractivity contribution in [2.24, 2.45) is 4.99 Å². The number of rotatable bonds is 0. The summed E-state index contributed by atoms with van der Waals surface area (Å²) in [6.07, 6.45) is 3.74. The minimum absolute atomic E-state index is 0.383. The van der Waals surface area contributed by atoms with Crippen LogP contribution in [-0.4, -0.2) is 29.4 Å². The van der Waals surface area contributed by atoms with Crippen LogP contribution in [-0.2, 0) is 0 Å². The second-order valence-corrected chi connectivity index (χ2v) is 4.12. The van der Waals surface area contributed by atoms with Gasteiger partial charge in [0.05, 0.1) is 5.84 Å². The molecule has 2 aliphatic heterocycles. The first kappa shape index (κ1) is 7.14. The average molecular weight is 152 g/mol. The smallest absolute Gasteiger partial charge is 0.0994 e. The second-order valence-electron chi connectivity index (χ2n) is 4.12. The molecule has 1 saturated heterocycles. The molecule has 1 fully saturated rings. The van der Waals surface area contributed by atoms with E-state index in [0.29, 0.717) is 5.54 Å². The van der Waals surface area contributed by atoms with E-state index in [2.05, 4.69) is 23.7 Å². The normalized spacial score (nSPS) is 28.2. The third-order valence-corrected chi connectivity index (χ3v) is 2.84. The Hall–Kier alpha value is -0.530. The fourth-order valence-electron chi connectivity index (χ4n) is 2.07. The molecular weight excluding hydrogens is 136 g/mol. The molecule has 0 unspecified atom stereocenters. The zero-order valence-corrected chi connectivity index (χ0v) is 7.43. The summed E-state index contributed by atoms with van der Waals surface area (Å²) in [4.78, 5) is 7.01. The molecule has 2 aliphatic rings. The van der Waals surface area contributed by atoms with Crippen LogP contribution in [0.5, 0.6) is 0 Å². The van der Waals surface area contributed by atoms with Gasteiger partial charge in [0.2, 0.25) is 0 Å². The summed E-state index contributed by atoms with van der Waals surface area (Å²) in [5.74, 6) is 1.36. The highest BCUT2D eigenvalue weighted by Gasteiger charge is 2.34. The van der Waals surface area contributed by atoms with Crippen molar-refractivity contribution in [3.63, 3.8) is 0 Å². The van der Waals surface area contributed by atoms with Gasteiger partial charge in [0, 0.05) is 25.0 Å². The Balaban J connectivity index is 2.26. The molecule has 0 atom stereocenters. The van der Waals surface area contributed by atoms with Gasteiger partial charge in [-0.25, -0.2) is 0 Å². The van der Waals surface area contributed by atoms with Gasteiger partial charge in [-0.1, -0.05) is 0 Å². The van der Waals surface area contributed by atoms with Crippen LogP contribution in [0.15, 0.2) is 4.99 Å². The fraction of sp³-hybridized carbons (Fsp3) is 0.889. The van der Waals surface area contributed by atoms with E-state index in [1.165, 1.54) is 31.6 Å². The summed E-state index contributed by atoms with van der Waals surface area (Å²) in [5, 5.41) is 0. The summed E-state index contributed by atoms with van der Waals surface area (Å²) in [6, 6.07) is 0. The number of fused-ring (bicyclic) bond motifs is 1. The topological polar surface area (TPSA) is 15.6 Å². The molecule has 62 valence electrons. The minimum Gasteiger partial charge on any atom is -0.355 e. The number of hydrogen-bond acceptors (Lipinski definition) is 2. The highest BCUT2D eigenvalue weighted by molar-refractivity contribution is 5.85. The molecule has 0 N–H and O–H groups in total. The molecular formula is C9H16N2. The van der Waals surface area contributed by atoms with Crippen molar-refractivity contribution in [2.75, 3.05) is 13.1 Å². The lowest BCUT2D eigenvalue weighted by molar-refractivity contribution is 0.206. The molecule has 0 radical (unpaired) electrons. The van der Waals surface area contributed by atoms with Gasteiger partial charge in [-0.3, -0.25) is 4.99 Å². The Kier molecular flexibility index (Phi) is 1.44. The molecule has 0 aliphatic carbocycles. The number of aliphatic imine (C=N–C) groups is 1. The standard InChI is InChI=1S/C9H16N2/c1-9(2)5-6-10-8-4-3-7-11(8)9/h3-7H2,1-2H3. The lowest BCUT2D eigenvalue weighted by Gasteiger charge is -2.40. The predicted octanol–water partition coefficient (Wildman–Crippen LogP) is 1.66. The molecule has 0 bridgehead atoms. The van der Waals surface area contributed by atoms with Gasteiger partial charge >= 0.3 is 0 Å². The lowest BCUT2D eigenvalue weighted by atomic mass is 9.97. The Bertz CT molecular complexity index is 194. The molecule has 2 rings (SSSR count). The van der Waals surface area contributed by atoms with Crippen LogP contribution in [0.25, 0.3) is 0 Å². The van der Waals surface area contributed by atoms with Gasteiger partial charge in [0.25, 0.3) is 0 Å². The molecule has 0 aromatic rings. The molecule has 0 amide bonds. The number of nitrogens with zero attached hydrogens (tertiary/aromatic N) is 2. The van der Waals surface area contributed by atoms with Crippen LogP contribution >= 0.6 is 0 Å². The highest BCUT2D eigenvalue weighted by Crippen LogP contribution is 2.29. The molecule has 2 heterocycles.